The zero-order valence-electron chi connectivity index (χ0n) is 27.5. The van der Waals surface area contributed by atoms with Crippen LogP contribution in [0, 0.1) is 5.92 Å². The van der Waals surface area contributed by atoms with E-state index in [1.165, 1.54) is 0 Å². The quantitative estimate of drug-likeness (QED) is 0.0922. The number of carbonyl (C=O) groups is 7. The summed E-state index contributed by atoms with van der Waals surface area (Å²) in [6.07, 6.45) is 5.78. The van der Waals surface area contributed by atoms with Gasteiger partial charge >= 0.3 is 11.9 Å². The first-order valence-corrected chi connectivity index (χ1v) is 16.8. The molecule has 1 aliphatic heterocycles. The molecule has 1 aromatic carbocycles. The summed E-state index contributed by atoms with van der Waals surface area (Å²) in [5.41, 5.74) is 1.37. The van der Waals surface area contributed by atoms with E-state index in [2.05, 4.69) is 36.9 Å². The van der Waals surface area contributed by atoms with Crippen molar-refractivity contribution in [1.29, 1.82) is 0 Å². The van der Waals surface area contributed by atoms with Gasteiger partial charge in [0.1, 0.15) is 24.2 Å². The van der Waals surface area contributed by atoms with Crippen molar-refractivity contribution in [3.63, 3.8) is 0 Å². The van der Waals surface area contributed by atoms with Gasteiger partial charge in [-0.3, -0.25) is 28.8 Å². The van der Waals surface area contributed by atoms with E-state index in [1.54, 1.807) is 30.5 Å². The minimum atomic E-state index is -1.67. The average Bonchev–Trinajstić information content (AvgIpc) is 3.79. The minimum Gasteiger partial charge on any atom is -0.481 e. The first kappa shape index (κ1) is 37.8. The first-order valence-electron chi connectivity index (χ1n) is 16.8. The predicted molar refractivity (Wildman–Crippen MR) is 177 cm³/mol. The van der Waals surface area contributed by atoms with Crippen molar-refractivity contribution in [2.24, 2.45) is 5.92 Å². The second-order valence-corrected chi connectivity index (χ2v) is 12.7. The molecule has 50 heavy (non-hydrogen) atoms. The second-order valence-electron chi connectivity index (χ2n) is 12.7. The number of carbonyl (C=O) groups excluding carboxylic acids is 5. The molecule has 4 rings (SSSR count). The maximum absolute atomic E-state index is 13.4. The summed E-state index contributed by atoms with van der Waals surface area (Å²) >= 11 is 0. The predicted octanol–water partition coefficient (Wildman–Crippen LogP) is -1.35. The van der Waals surface area contributed by atoms with Gasteiger partial charge in [0.15, 0.2) is 0 Å². The standard InChI is InChI=1S/C33H45N7O10/c41-17-25(39-29(45)22-11-6-12-34-22)31(47)40-28(18-7-2-1-3-8-18)32(48)36-16-26(42)37-23(14-27(43)44)30(46)38-24(33(49)50)13-19-15-35-21-10-5-4-9-20(19)21/h4-5,9-10,15,18,22-25,28,34-35,41H,1-3,6-8,11-14,16-17H2,(H,36,48)(H,37,42)(H,38,46)(H,39,45)(H,40,47)(H,43,44)(H,49,50)/t22-,23-,24-,25-,28?/m0/s1. The molecule has 2 fully saturated rings. The van der Waals surface area contributed by atoms with E-state index >= 15 is 0 Å². The highest BCUT2D eigenvalue weighted by Crippen LogP contribution is 2.27. The summed E-state index contributed by atoms with van der Waals surface area (Å²) < 4.78 is 0. The van der Waals surface area contributed by atoms with Crippen LogP contribution in [0.3, 0.4) is 0 Å². The molecule has 1 aliphatic carbocycles. The third-order valence-corrected chi connectivity index (χ3v) is 9.06. The van der Waals surface area contributed by atoms with E-state index in [-0.39, 0.29) is 12.3 Å². The highest BCUT2D eigenvalue weighted by molar-refractivity contribution is 5.96. The number of carboxylic acid groups (broad SMARTS) is 2. The van der Waals surface area contributed by atoms with Gasteiger partial charge in [-0.2, -0.15) is 0 Å². The number of aliphatic hydroxyl groups is 1. The van der Waals surface area contributed by atoms with Gasteiger partial charge in [0, 0.05) is 23.5 Å². The van der Waals surface area contributed by atoms with Crippen molar-refractivity contribution >= 4 is 52.4 Å². The summed E-state index contributed by atoms with van der Waals surface area (Å²) in [5.74, 6) is -7.01. The van der Waals surface area contributed by atoms with Crippen LogP contribution < -0.4 is 31.9 Å². The number of hydrogen-bond acceptors (Lipinski definition) is 9. The zero-order chi connectivity index (χ0) is 36.2. The number of hydrogen-bond donors (Lipinski definition) is 10. The molecule has 1 saturated heterocycles. The molecule has 272 valence electrons. The molecule has 0 bridgehead atoms. The van der Waals surface area contributed by atoms with Crippen LogP contribution in [0.15, 0.2) is 30.5 Å². The number of para-hydroxylation sites is 1. The fourth-order valence-electron chi connectivity index (χ4n) is 6.39. The van der Waals surface area contributed by atoms with Gasteiger partial charge in [0.05, 0.1) is 25.6 Å². The summed E-state index contributed by atoms with van der Waals surface area (Å²) in [6, 6.07) is 1.14. The molecular formula is C33H45N7O10. The van der Waals surface area contributed by atoms with Gasteiger partial charge < -0.3 is 52.2 Å². The number of carboxylic acids is 2. The molecular weight excluding hydrogens is 654 g/mol. The fraction of sp³-hybridized carbons (Fsp3) is 0.545. The Morgan fingerprint density at radius 2 is 1.52 bits per heavy atom. The van der Waals surface area contributed by atoms with E-state index in [1.807, 2.05) is 0 Å². The van der Waals surface area contributed by atoms with Crippen LogP contribution in [0.1, 0.15) is 56.9 Å². The number of aromatic amines is 1. The Morgan fingerprint density at radius 1 is 0.800 bits per heavy atom. The molecule has 2 aliphatic rings. The monoisotopic (exact) mass is 699 g/mol. The molecule has 1 saturated carbocycles. The number of amides is 5. The minimum absolute atomic E-state index is 0.124. The van der Waals surface area contributed by atoms with Crippen LogP contribution in [-0.2, 0) is 40.0 Å². The molecule has 0 spiro atoms. The molecule has 2 heterocycles. The largest absolute Gasteiger partial charge is 0.481 e. The molecule has 5 amide bonds. The third kappa shape index (κ3) is 10.5. The number of aromatic nitrogens is 1. The van der Waals surface area contributed by atoms with Crippen molar-refractivity contribution in [2.75, 3.05) is 19.7 Å². The Kier molecular flexibility index (Phi) is 13.7. The van der Waals surface area contributed by atoms with Crippen molar-refractivity contribution < 1.29 is 48.9 Å². The number of nitrogens with one attached hydrogen (secondary N) is 7. The maximum atomic E-state index is 13.4. The van der Waals surface area contributed by atoms with Crippen molar-refractivity contribution in [2.45, 2.75) is 88.0 Å². The topological polar surface area (TPSA) is 268 Å². The van der Waals surface area contributed by atoms with E-state index in [9.17, 15) is 48.9 Å². The van der Waals surface area contributed by atoms with Gasteiger partial charge in [-0.05, 0) is 49.8 Å². The van der Waals surface area contributed by atoms with E-state index in [0.717, 1.165) is 36.6 Å². The number of rotatable bonds is 17. The Hall–Kier alpha value is -5.03. The normalized spacial score (nSPS) is 18.6. The van der Waals surface area contributed by atoms with Gasteiger partial charge in [-0.1, -0.05) is 37.5 Å². The first-order chi connectivity index (χ1) is 24.0. The number of aliphatic carboxylic acids is 2. The summed E-state index contributed by atoms with van der Waals surface area (Å²) in [5, 5.41) is 44.9. The van der Waals surface area contributed by atoms with Crippen molar-refractivity contribution in [3.05, 3.63) is 36.0 Å². The molecule has 0 radical (unpaired) electrons. The smallest absolute Gasteiger partial charge is 0.326 e. The molecule has 5 atom stereocenters. The van der Waals surface area contributed by atoms with Crippen LogP contribution in [-0.4, -0.2) is 112 Å². The lowest BCUT2D eigenvalue weighted by Crippen LogP contribution is -2.59. The molecule has 1 unspecified atom stereocenters. The van der Waals surface area contributed by atoms with Crippen LogP contribution in [0.25, 0.3) is 10.9 Å². The Balaban J connectivity index is 1.37. The van der Waals surface area contributed by atoms with E-state index < -0.39 is 91.3 Å². The Labute approximate surface area is 287 Å². The van der Waals surface area contributed by atoms with Crippen LogP contribution >= 0.6 is 0 Å². The van der Waals surface area contributed by atoms with Crippen LogP contribution in [0.2, 0.25) is 0 Å². The fourth-order valence-corrected chi connectivity index (χ4v) is 6.39. The highest BCUT2D eigenvalue weighted by Gasteiger charge is 2.35. The maximum Gasteiger partial charge on any atom is 0.326 e. The van der Waals surface area contributed by atoms with Gasteiger partial charge in [-0.15, -0.1) is 0 Å². The zero-order valence-corrected chi connectivity index (χ0v) is 27.5. The Morgan fingerprint density at radius 3 is 2.18 bits per heavy atom. The lowest BCUT2D eigenvalue weighted by Gasteiger charge is -2.31. The highest BCUT2D eigenvalue weighted by atomic mass is 16.4. The van der Waals surface area contributed by atoms with Crippen LogP contribution in [0.5, 0.6) is 0 Å². The van der Waals surface area contributed by atoms with Gasteiger partial charge in [0.25, 0.3) is 0 Å². The molecule has 17 heteroatoms. The second kappa shape index (κ2) is 18.1. The number of aliphatic hydroxyl groups excluding tert-OH is 1. The molecule has 1 aromatic heterocycles. The summed E-state index contributed by atoms with van der Waals surface area (Å²) in [7, 11) is 0. The summed E-state index contributed by atoms with van der Waals surface area (Å²) in [4.78, 5) is 91.7. The van der Waals surface area contributed by atoms with E-state index in [4.69, 9.17) is 0 Å². The van der Waals surface area contributed by atoms with E-state index in [0.29, 0.717) is 31.4 Å². The van der Waals surface area contributed by atoms with Crippen molar-refractivity contribution in [3.8, 4) is 0 Å². The number of fused-ring (bicyclic) bond motifs is 1. The Bertz CT molecular complexity index is 1550. The third-order valence-electron chi connectivity index (χ3n) is 9.06. The average molecular weight is 700 g/mol. The SMILES string of the molecule is O=C(O)C[C@H](NC(=O)CNC(=O)C(NC(=O)[C@H](CO)NC(=O)[C@@H]1CCCN1)C1CCCCC1)C(=O)N[C@@H](Cc1c[nH]c2ccccc12)C(=O)O. The molecule has 2 aromatic rings. The van der Waals surface area contributed by atoms with Crippen LogP contribution in [0.4, 0.5) is 0 Å². The summed E-state index contributed by atoms with van der Waals surface area (Å²) in [6.45, 7) is -0.738. The molecule has 10 N–H and O–H groups in total. The van der Waals surface area contributed by atoms with Gasteiger partial charge in [0.2, 0.25) is 29.5 Å². The lowest BCUT2D eigenvalue weighted by molar-refractivity contribution is -0.143. The number of H-pyrrole nitrogens is 1. The lowest BCUT2D eigenvalue weighted by atomic mass is 9.83. The van der Waals surface area contributed by atoms with Crippen molar-refractivity contribution in [1.82, 2.24) is 36.9 Å². The van der Waals surface area contributed by atoms with Gasteiger partial charge in [-0.25, -0.2) is 4.79 Å². The molecule has 17 nitrogen and oxygen atoms in total. The number of benzene rings is 1.